The number of nitrogens with one attached hydrogen (secondary N) is 1. The molecule has 0 bridgehead atoms. The zero-order valence-corrected chi connectivity index (χ0v) is 11.5. The van der Waals surface area contributed by atoms with Gasteiger partial charge in [-0.3, -0.25) is 4.79 Å². The van der Waals surface area contributed by atoms with Crippen LogP contribution in [0.3, 0.4) is 0 Å². The molecule has 2 nitrogen and oxygen atoms in total. The number of halogens is 2. The summed E-state index contributed by atoms with van der Waals surface area (Å²) in [7, 11) is 0. The van der Waals surface area contributed by atoms with Crippen molar-refractivity contribution in [1.29, 1.82) is 0 Å². The fourth-order valence-electron chi connectivity index (χ4n) is 1.58. The molecule has 2 aromatic rings. The molecule has 0 unspecified atom stereocenters. The van der Waals surface area contributed by atoms with Crippen molar-refractivity contribution in [3.63, 3.8) is 0 Å². The lowest BCUT2D eigenvalue weighted by atomic mass is 10.1. The molecule has 0 heterocycles. The van der Waals surface area contributed by atoms with Crippen LogP contribution in [0.4, 0.5) is 10.1 Å². The number of benzene rings is 2. The van der Waals surface area contributed by atoms with Crippen molar-refractivity contribution >= 4 is 35.8 Å². The average Bonchev–Trinajstić information content (AvgIpc) is 2.37. The second-order valence-corrected chi connectivity index (χ2v) is 4.94. The molecular formula is C14H11ClFNOS. The first-order chi connectivity index (χ1) is 9.04. The van der Waals surface area contributed by atoms with E-state index in [9.17, 15) is 9.18 Å². The van der Waals surface area contributed by atoms with Crippen LogP contribution in [-0.2, 0) is 11.2 Å². The lowest BCUT2D eigenvalue weighted by Gasteiger charge is -2.06. The number of carbonyl (C=O) groups excluding carboxylic acids is 1. The van der Waals surface area contributed by atoms with E-state index in [-0.39, 0.29) is 17.4 Å². The molecule has 2 rings (SSSR count). The number of thiol groups is 1. The highest BCUT2D eigenvalue weighted by Gasteiger charge is 2.06. The Balaban J connectivity index is 2.01. The number of rotatable bonds is 3. The number of anilines is 1. The minimum Gasteiger partial charge on any atom is -0.326 e. The van der Waals surface area contributed by atoms with Crippen molar-refractivity contribution in [2.45, 2.75) is 11.3 Å². The molecule has 1 N–H and O–H groups in total. The van der Waals surface area contributed by atoms with Gasteiger partial charge in [0, 0.05) is 10.6 Å². The van der Waals surface area contributed by atoms with Crippen molar-refractivity contribution in [1.82, 2.24) is 0 Å². The lowest BCUT2D eigenvalue weighted by molar-refractivity contribution is -0.115. The van der Waals surface area contributed by atoms with E-state index in [0.717, 1.165) is 10.5 Å². The number of hydrogen-bond acceptors (Lipinski definition) is 2. The van der Waals surface area contributed by atoms with Crippen molar-refractivity contribution in [2.24, 2.45) is 0 Å². The van der Waals surface area contributed by atoms with Crippen LogP contribution in [0.5, 0.6) is 0 Å². The standard InChI is InChI=1S/C14H11ClFNOS/c15-12-6-3-10(8-13(12)16)17-14(18)7-9-1-4-11(19)5-2-9/h1-6,8,19H,7H2,(H,17,18). The maximum absolute atomic E-state index is 13.2. The van der Waals surface area contributed by atoms with Crippen LogP contribution in [0.1, 0.15) is 5.56 Å². The maximum atomic E-state index is 13.2. The molecule has 0 saturated carbocycles. The van der Waals surface area contributed by atoms with Crippen LogP contribution < -0.4 is 5.32 Å². The fraction of sp³-hybridized carbons (Fsp3) is 0.0714. The summed E-state index contributed by atoms with van der Waals surface area (Å²) in [5, 5.41) is 2.65. The second-order valence-electron chi connectivity index (χ2n) is 4.02. The Labute approximate surface area is 121 Å². The molecule has 0 aliphatic heterocycles. The topological polar surface area (TPSA) is 29.1 Å². The first-order valence-electron chi connectivity index (χ1n) is 5.57. The smallest absolute Gasteiger partial charge is 0.228 e. The van der Waals surface area contributed by atoms with E-state index in [4.69, 9.17) is 11.6 Å². The molecule has 0 spiro atoms. The quantitative estimate of drug-likeness (QED) is 0.825. The molecule has 0 aromatic heterocycles. The number of amides is 1. The molecule has 0 fully saturated rings. The van der Waals surface area contributed by atoms with Crippen molar-refractivity contribution < 1.29 is 9.18 Å². The van der Waals surface area contributed by atoms with Gasteiger partial charge in [0.05, 0.1) is 11.4 Å². The van der Waals surface area contributed by atoms with Gasteiger partial charge in [-0.05, 0) is 35.9 Å². The Morgan fingerprint density at radius 1 is 1.21 bits per heavy atom. The monoisotopic (exact) mass is 295 g/mol. The van der Waals surface area contributed by atoms with Gasteiger partial charge in [-0.15, -0.1) is 12.6 Å². The molecule has 0 radical (unpaired) electrons. The first-order valence-corrected chi connectivity index (χ1v) is 6.40. The Kier molecular flexibility index (Phi) is 4.45. The zero-order valence-electron chi connectivity index (χ0n) is 9.86. The minimum absolute atomic E-state index is 0.0300. The molecule has 1 amide bonds. The zero-order chi connectivity index (χ0) is 13.8. The molecule has 2 aromatic carbocycles. The summed E-state index contributed by atoms with van der Waals surface area (Å²) in [4.78, 5) is 12.6. The Bertz CT molecular complexity index is 601. The van der Waals surface area contributed by atoms with Crippen LogP contribution in [0.2, 0.25) is 5.02 Å². The Hall–Kier alpha value is -1.52. The molecular weight excluding hydrogens is 285 g/mol. The summed E-state index contributed by atoms with van der Waals surface area (Å²) in [6, 6.07) is 11.4. The highest BCUT2D eigenvalue weighted by Crippen LogP contribution is 2.19. The third-order valence-electron chi connectivity index (χ3n) is 2.50. The summed E-state index contributed by atoms with van der Waals surface area (Å²) >= 11 is 9.74. The van der Waals surface area contributed by atoms with Gasteiger partial charge in [-0.2, -0.15) is 0 Å². The van der Waals surface area contributed by atoms with E-state index in [1.165, 1.54) is 12.1 Å². The second kappa shape index (κ2) is 6.08. The van der Waals surface area contributed by atoms with Crippen molar-refractivity contribution in [3.05, 3.63) is 58.9 Å². The average molecular weight is 296 g/mol. The highest BCUT2D eigenvalue weighted by molar-refractivity contribution is 7.80. The van der Waals surface area contributed by atoms with E-state index < -0.39 is 5.82 Å². The SMILES string of the molecule is O=C(Cc1ccc(S)cc1)Nc1ccc(Cl)c(F)c1. The van der Waals surface area contributed by atoms with Crippen LogP contribution in [0.25, 0.3) is 0 Å². The van der Waals surface area contributed by atoms with Gasteiger partial charge in [0.2, 0.25) is 5.91 Å². The normalized spacial score (nSPS) is 10.3. The van der Waals surface area contributed by atoms with Gasteiger partial charge in [0.25, 0.3) is 0 Å². The lowest BCUT2D eigenvalue weighted by Crippen LogP contribution is -2.14. The molecule has 5 heteroatoms. The third-order valence-corrected chi connectivity index (χ3v) is 3.11. The largest absolute Gasteiger partial charge is 0.326 e. The van der Waals surface area contributed by atoms with E-state index in [1.54, 1.807) is 6.07 Å². The molecule has 0 aliphatic rings. The summed E-state index contributed by atoms with van der Waals surface area (Å²) in [6.45, 7) is 0. The Morgan fingerprint density at radius 3 is 2.53 bits per heavy atom. The molecule has 0 atom stereocenters. The van der Waals surface area contributed by atoms with Crippen LogP contribution in [0, 0.1) is 5.82 Å². The van der Waals surface area contributed by atoms with Gasteiger partial charge in [0.1, 0.15) is 5.82 Å². The van der Waals surface area contributed by atoms with E-state index in [1.807, 2.05) is 24.3 Å². The fourth-order valence-corrected chi connectivity index (χ4v) is 1.84. The number of hydrogen-bond donors (Lipinski definition) is 2. The minimum atomic E-state index is -0.557. The third kappa shape index (κ3) is 3.98. The maximum Gasteiger partial charge on any atom is 0.228 e. The van der Waals surface area contributed by atoms with Gasteiger partial charge < -0.3 is 5.32 Å². The molecule has 0 saturated heterocycles. The van der Waals surface area contributed by atoms with Gasteiger partial charge in [0.15, 0.2) is 0 Å². The van der Waals surface area contributed by atoms with Gasteiger partial charge in [-0.1, -0.05) is 23.7 Å². The molecule has 19 heavy (non-hydrogen) atoms. The van der Waals surface area contributed by atoms with Crippen LogP contribution >= 0.6 is 24.2 Å². The first kappa shape index (κ1) is 13.9. The van der Waals surface area contributed by atoms with E-state index in [0.29, 0.717) is 5.69 Å². The summed E-state index contributed by atoms with van der Waals surface area (Å²) in [6.07, 6.45) is 0.221. The molecule has 0 aliphatic carbocycles. The van der Waals surface area contributed by atoms with E-state index >= 15 is 0 Å². The van der Waals surface area contributed by atoms with Crippen molar-refractivity contribution in [3.8, 4) is 0 Å². The number of carbonyl (C=O) groups is 1. The van der Waals surface area contributed by atoms with Crippen LogP contribution in [0.15, 0.2) is 47.4 Å². The van der Waals surface area contributed by atoms with E-state index in [2.05, 4.69) is 17.9 Å². The predicted octanol–water partition coefficient (Wildman–Crippen LogP) is 3.95. The highest BCUT2D eigenvalue weighted by atomic mass is 35.5. The Morgan fingerprint density at radius 2 is 1.89 bits per heavy atom. The van der Waals surface area contributed by atoms with Gasteiger partial charge >= 0.3 is 0 Å². The van der Waals surface area contributed by atoms with Gasteiger partial charge in [-0.25, -0.2) is 4.39 Å². The summed E-state index contributed by atoms with van der Waals surface area (Å²) in [5.74, 6) is -0.771. The summed E-state index contributed by atoms with van der Waals surface area (Å²) < 4.78 is 13.2. The predicted molar refractivity (Wildman–Crippen MR) is 77.4 cm³/mol. The molecule has 98 valence electrons. The summed E-state index contributed by atoms with van der Waals surface area (Å²) in [5.41, 5.74) is 1.25. The van der Waals surface area contributed by atoms with Crippen molar-refractivity contribution in [2.75, 3.05) is 5.32 Å². The van der Waals surface area contributed by atoms with Crippen LogP contribution in [-0.4, -0.2) is 5.91 Å².